The van der Waals surface area contributed by atoms with Gasteiger partial charge in [0.15, 0.2) is 0 Å². The number of methoxy groups -OCH3 is 1. The molecule has 0 saturated carbocycles. The first-order valence-corrected chi connectivity index (χ1v) is 15.2. The molecule has 2 aromatic carbocycles. The molecular formula is C30H38N6O4S. The normalized spacial score (nSPS) is 15.6. The lowest BCUT2D eigenvalue weighted by Crippen LogP contribution is -2.37. The Balaban J connectivity index is 1.38. The zero-order chi connectivity index (χ0) is 28.9. The first-order valence-electron chi connectivity index (χ1n) is 14.0. The number of likely N-dealkylation sites (tertiary alicyclic amines) is 1. The fourth-order valence-electron chi connectivity index (χ4n) is 5.56. The third-order valence-corrected chi connectivity index (χ3v) is 8.58. The molecule has 0 radical (unpaired) electrons. The summed E-state index contributed by atoms with van der Waals surface area (Å²) in [5, 5.41) is 17.8. The molecule has 0 amide bonds. The van der Waals surface area contributed by atoms with Crippen LogP contribution in [0, 0.1) is 0 Å². The van der Waals surface area contributed by atoms with Gasteiger partial charge in [0.25, 0.3) is 0 Å². The van der Waals surface area contributed by atoms with Crippen LogP contribution in [0.2, 0.25) is 0 Å². The molecule has 218 valence electrons. The number of β-amino-alcohol motifs (C(OH)–C–C–N with tert-alkyl or cyclic N) is 1. The molecule has 0 aliphatic carbocycles. The minimum atomic E-state index is -2.68. The number of nitrogens with zero attached hydrogens (tertiary/aromatic N) is 5. The van der Waals surface area contributed by atoms with E-state index in [-0.39, 0.29) is 12.6 Å². The summed E-state index contributed by atoms with van der Waals surface area (Å²) in [5.41, 5.74) is 5.50. The van der Waals surface area contributed by atoms with Crippen molar-refractivity contribution in [3.8, 4) is 17.0 Å². The zero-order valence-corrected chi connectivity index (χ0v) is 24.6. The van der Waals surface area contributed by atoms with Gasteiger partial charge in [-0.1, -0.05) is 37.3 Å². The molecule has 41 heavy (non-hydrogen) atoms. The van der Waals surface area contributed by atoms with Gasteiger partial charge in [-0.3, -0.25) is 0 Å². The van der Waals surface area contributed by atoms with Crippen molar-refractivity contribution in [1.82, 2.24) is 23.8 Å². The fourth-order valence-corrected chi connectivity index (χ4v) is 6.06. The van der Waals surface area contributed by atoms with Crippen LogP contribution in [0.5, 0.6) is 5.75 Å². The molecule has 1 fully saturated rings. The van der Waals surface area contributed by atoms with Gasteiger partial charge >= 0.3 is 0 Å². The Morgan fingerprint density at radius 2 is 1.93 bits per heavy atom. The molecule has 1 aliphatic rings. The maximum atomic E-state index is 11.7. The summed E-state index contributed by atoms with van der Waals surface area (Å²) in [5.74, 6) is 1.59. The van der Waals surface area contributed by atoms with Crippen LogP contribution in [0.1, 0.15) is 43.7 Å². The number of rotatable bonds is 11. The van der Waals surface area contributed by atoms with Crippen LogP contribution in [0.25, 0.3) is 16.8 Å². The van der Waals surface area contributed by atoms with E-state index in [0.717, 1.165) is 66.3 Å². The number of thiol groups is 1. The SMILES string of the molecule is CCN(Cc1ccccc1-c1ccc2cnc(Nc3ccc(C4CCN(C[C@@H](C)O)CC4)cc3OC)nn12)[SH](=O)=O. The molecule has 4 aromatic rings. The number of ether oxygens (including phenoxy) is 1. The second-order valence-electron chi connectivity index (χ2n) is 10.5. The van der Waals surface area contributed by atoms with E-state index >= 15 is 0 Å². The van der Waals surface area contributed by atoms with Gasteiger partial charge in [0.2, 0.25) is 16.8 Å². The van der Waals surface area contributed by atoms with Crippen LogP contribution in [-0.4, -0.2) is 76.7 Å². The monoisotopic (exact) mass is 578 g/mol. The quantitative estimate of drug-likeness (QED) is 0.229. The van der Waals surface area contributed by atoms with Crippen molar-refractivity contribution in [2.45, 2.75) is 45.3 Å². The van der Waals surface area contributed by atoms with E-state index in [4.69, 9.17) is 9.84 Å². The number of aromatic nitrogens is 3. The number of hydrogen-bond donors (Lipinski definition) is 3. The number of hydrogen-bond acceptors (Lipinski definition) is 8. The summed E-state index contributed by atoms with van der Waals surface area (Å²) in [4.78, 5) is 6.84. The largest absolute Gasteiger partial charge is 0.495 e. The van der Waals surface area contributed by atoms with Gasteiger partial charge in [-0.15, -0.1) is 5.10 Å². The molecule has 10 nitrogen and oxygen atoms in total. The molecule has 1 aliphatic heterocycles. The van der Waals surface area contributed by atoms with Crippen molar-refractivity contribution in [1.29, 1.82) is 0 Å². The fraction of sp³-hybridized carbons (Fsp3) is 0.400. The molecule has 1 saturated heterocycles. The number of aliphatic hydroxyl groups is 1. The summed E-state index contributed by atoms with van der Waals surface area (Å²) < 4.78 is 32.4. The molecule has 2 N–H and O–H groups in total. The van der Waals surface area contributed by atoms with Crippen LogP contribution >= 0.6 is 0 Å². The summed E-state index contributed by atoms with van der Waals surface area (Å²) in [7, 11) is -1.01. The zero-order valence-electron chi connectivity index (χ0n) is 23.7. The first kappa shape index (κ1) is 29.0. The van der Waals surface area contributed by atoms with E-state index < -0.39 is 10.9 Å². The Bertz CT molecular complexity index is 1550. The highest BCUT2D eigenvalue weighted by molar-refractivity contribution is 7.69. The van der Waals surface area contributed by atoms with Crippen molar-refractivity contribution in [2.75, 3.05) is 38.6 Å². The Labute approximate surface area is 242 Å². The molecule has 5 rings (SSSR count). The lowest BCUT2D eigenvalue weighted by atomic mass is 9.89. The van der Waals surface area contributed by atoms with E-state index in [1.165, 1.54) is 9.87 Å². The highest BCUT2D eigenvalue weighted by Gasteiger charge is 2.22. The molecule has 0 unspecified atom stereocenters. The van der Waals surface area contributed by atoms with Gasteiger partial charge in [0.1, 0.15) is 5.75 Å². The van der Waals surface area contributed by atoms with Gasteiger partial charge < -0.3 is 20.1 Å². The van der Waals surface area contributed by atoms with E-state index in [9.17, 15) is 13.5 Å². The summed E-state index contributed by atoms with van der Waals surface area (Å²) in [6, 6.07) is 17.9. The number of nitrogens with one attached hydrogen (secondary N) is 1. The maximum absolute atomic E-state index is 11.7. The number of piperidine rings is 1. The van der Waals surface area contributed by atoms with Gasteiger partial charge in [0, 0.05) is 25.2 Å². The number of fused-ring (bicyclic) bond motifs is 1. The third-order valence-electron chi connectivity index (χ3n) is 7.69. The minimum absolute atomic E-state index is 0.290. The van der Waals surface area contributed by atoms with Crippen LogP contribution in [0.3, 0.4) is 0 Å². The van der Waals surface area contributed by atoms with E-state index in [1.807, 2.05) is 60.8 Å². The van der Waals surface area contributed by atoms with Crippen molar-refractivity contribution in [3.05, 3.63) is 71.9 Å². The lowest BCUT2D eigenvalue weighted by Gasteiger charge is -2.33. The van der Waals surface area contributed by atoms with Gasteiger partial charge in [-0.2, -0.15) is 0 Å². The first-order chi connectivity index (χ1) is 19.9. The van der Waals surface area contributed by atoms with Crippen molar-refractivity contribution < 1.29 is 18.3 Å². The Hall–Kier alpha value is -3.51. The predicted molar refractivity (Wildman–Crippen MR) is 161 cm³/mol. The predicted octanol–water partition coefficient (Wildman–Crippen LogP) is 4.06. The number of anilines is 2. The smallest absolute Gasteiger partial charge is 0.245 e. The van der Waals surface area contributed by atoms with E-state index in [0.29, 0.717) is 18.4 Å². The van der Waals surface area contributed by atoms with Gasteiger partial charge in [0.05, 0.1) is 36.3 Å². The summed E-state index contributed by atoms with van der Waals surface area (Å²) >= 11 is 0. The minimum Gasteiger partial charge on any atom is -0.495 e. The van der Waals surface area contributed by atoms with Crippen LogP contribution < -0.4 is 10.1 Å². The maximum Gasteiger partial charge on any atom is 0.245 e. The van der Waals surface area contributed by atoms with Crippen molar-refractivity contribution in [3.63, 3.8) is 0 Å². The van der Waals surface area contributed by atoms with E-state index in [2.05, 4.69) is 27.3 Å². The number of aliphatic hydroxyl groups excluding tert-OH is 1. The summed E-state index contributed by atoms with van der Waals surface area (Å²) in [6.45, 7) is 7.02. The third kappa shape index (κ3) is 6.70. The molecule has 2 aromatic heterocycles. The Kier molecular flexibility index (Phi) is 9.19. The van der Waals surface area contributed by atoms with E-state index in [1.54, 1.807) is 13.3 Å². The summed E-state index contributed by atoms with van der Waals surface area (Å²) in [6.07, 6.45) is 3.54. The topological polar surface area (TPSA) is 112 Å². The molecule has 1 atom stereocenters. The molecule has 11 heteroatoms. The van der Waals surface area contributed by atoms with Crippen LogP contribution in [0.4, 0.5) is 11.6 Å². The Morgan fingerprint density at radius 1 is 1.15 bits per heavy atom. The van der Waals surface area contributed by atoms with Crippen molar-refractivity contribution in [2.24, 2.45) is 0 Å². The highest BCUT2D eigenvalue weighted by atomic mass is 32.2. The van der Waals surface area contributed by atoms with Gasteiger partial charge in [-0.05, 0) is 74.2 Å². The van der Waals surface area contributed by atoms with Crippen LogP contribution in [0.15, 0.2) is 60.8 Å². The Morgan fingerprint density at radius 3 is 2.63 bits per heavy atom. The molecular weight excluding hydrogens is 540 g/mol. The number of benzene rings is 2. The molecule has 0 bridgehead atoms. The standard InChI is InChI=1S/C30H38N6O4S/c1-4-35(41(38)39)20-24-7-5-6-8-26(24)28-12-10-25-18-31-30(33-36(25)28)32-27-11-9-23(17-29(27)40-3)22-13-15-34(16-14-22)19-21(2)37/h5-12,17-18,21-22,37,41H,4,13-16,19-20H2,1-3H3,(H,32,33)/t21-/m1/s1. The second kappa shape index (κ2) is 13.0. The second-order valence-corrected chi connectivity index (χ2v) is 11.6. The lowest BCUT2D eigenvalue weighted by molar-refractivity contribution is 0.109. The van der Waals surface area contributed by atoms with Crippen molar-refractivity contribution >= 4 is 28.0 Å². The average molecular weight is 579 g/mol. The average Bonchev–Trinajstić information content (AvgIpc) is 3.39. The molecule has 0 spiro atoms. The molecule has 3 heterocycles. The highest BCUT2D eigenvalue weighted by Crippen LogP contribution is 2.35. The van der Waals surface area contributed by atoms with Gasteiger partial charge in [-0.25, -0.2) is 22.2 Å². The van der Waals surface area contributed by atoms with Crippen LogP contribution in [-0.2, 0) is 17.4 Å².